The van der Waals surface area contributed by atoms with E-state index in [1.165, 1.54) is 7.11 Å². The molecule has 3 nitrogen and oxygen atoms in total. The first-order chi connectivity index (χ1) is 5.15. The second kappa shape index (κ2) is 2.69. The van der Waals surface area contributed by atoms with E-state index in [2.05, 4.69) is 9.72 Å². The van der Waals surface area contributed by atoms with Gasteiger partial charge in [0.05, 0.1) is 12.8 Å². The van der Waals surface area contributed by atoms with Gasteiger partial charge >= 0.3 is 0 Å². The maximum atomic E-state index is 12.6. The van der Waals surface area contributed by atoms with Crippen molar-refractivity contribution in [2.24, 2.45) is 0 Å². The number of pyridine rings is 1. The minimum atomic E-state index is -0.928. The second-order valence-electron chi connectivity index (χ2n) is 1.86. The Morgan fingerprint density at radius 3 is 2.73 bits per heavy atom. The van der Waals surface area contributed by atoms with Gasteiger partial charge in [-0.2, -0.15) is 9.37 Å². The molecule has 1 aromatic rings. The second-order valence-corrected chi connectivity index (χ2v) is 1.86. The van der Waals surface area contributed by atoms with Gasteiger partial charge in [0, 0.05) is 6.07 Å². The van der Waals surface area contributed by atoms with Crippen molar-refractivity contribution in [1.82, 2.24) is 4.98 Å². The number of nitrogen functional groups attached to an aromatic ring is 1. The minimum Gasteiger partial charge on any atom is -0.479 e. The van der Waals surface area contributed by atoms with Crippen LogP contribution in [0.25, 0.3) is 0 Å². The summed E-state index contributed by atoms with van der Waals surface area (Å²) in [5, 5.41) is 0. The lowest BCUT2D eigenvalue weighted by Gasteiger charge is -2.01. The van der Waals surface area contributed by atoms with Crippen LogP contribution in [0, 0.1) is 11.8 Å². The van der Waals surface area contributed by atoms with Crippen LogP contribution in [0.1, 0.15) is 0 Å². The van der Waals surface area contributed by atoms with Gasteiger partial charge in [-0.1, -0.05) is 0 Å². The zero-order valence-electron chi connectivity index (χ0n) is 5.77. The Hall–Kier alpha value is -1.39. The number of ether oxygens (including phenoxy) is 1. The number of hydrogen-bond acceptors (Lipinski definition) is 3. The lowest BCUT2D eigenvalue weighted by molar-refractivity contribution is 0.360. The molecular weight excluding hydrogens is 154 g/mol. The molecule has 0 spiro atoms. The van der Waals surface area contributed by atoms with Crippen LogP contribution in [-0.4, -0.2) is 12.1 Å². The molecule has 1 rings (SSSR count). The number of nitrogens with zero attached hydrogens (tertiary/aromatic N) is 1. The van der Waals surface area contributed by atoms with E-state index in [0.717, 1.165) is 6.07 Å². The molecule has 0 unspecified atom stereocenters. The third kappa shape index (κ3) is 1.36. The fourth-order valence-electron chi connectivity index (χ4n) is 0.608. The lowest BCUT2D eigenvalue weighted by Crippen LogP contribution is -1.99. The molecule has 0 radical (unpaired) electrons. The molecule has 0 aliphatic rings. The molecule has 0 aliphatic carbocycles. The zero-order valence-corrected chi connectivity index (χ0v) is 5.77. The molecule has 0 saturated carbocycles. The predicted molar refractivity (Wildman–Crippen MR) is 35.1 cm³/mol. The summed E-state index contributed by atoms with van der Waals surface area (Å²) < 4.78 is 29.5. The van der Waals surface area contributed by atoms with Crippen LogP contribution in [-0.2, 0) is 0 Å². The molecule has 0 bridgehead atoms. The van der Waals surface area contributed by atoms with Crippen molar-refractivity contribution in [3.63, 3.8) is 0 Å². The van der Waals surface area contributed by atoms with E-state index >= 15 is 0 Å². The molecule has 0 aliphatic heterocycles. The Kier molecular flexibility index (Phi) is 1.89. The molecule has 11 heavy (non-hydrogen) atoms. The Morgan fingerprint density at radius 2 is 2.18 bits per heavy atom. The van der Waals surface area contributed by atoms with Crippen molar-refractivity contribution in [1.29, 1.82) is 0 Å². The summed E-state index contributed by atoms with van der Waals surface area (Å²) in [5.74, 6) is -2.09. The van der Waals surface area contributed by atoms with E-state index in [1.807, 2.05) is 0 Å². The van der Waals surface area contributed by atoms with Crippen molar-refractivity contribution in [3.05, 3.63) is 17.8 Å². The minimum absolute atomic E-state index is 0.330. The van der Waals surface area contributed by atoms with E-state index in [9.17, 15) is 8.78 Å². The maximum absolute atomic E-state index is 12.6. The normalized spacial score (nSPS) is 9.73. The van der Waals surface area contributed by atoms with Crippen LogP contribution in [0.2, 0.25) is 0 Å². The lowest BCUT2D eigenvalue weighted by atomic mass is 10.4. The van der Waals surface area contributed by atoms with Crippen molar-refractivity contribution in [2.45, 2.75) is 0 Å². The van der Waals surface area contributed by atoms with Gasteiger partial charge in [-0.3, -0.25) is 0 Å². The SMILES string of the molecule is COc1nc(F)c(N)cc1F. The largest absolute Gasteiger partial charge is 0.479 e. The molecule has 0 fully saturated rings. The summed E-state index contributed by atoms with van der Waals surface area (Å²) in [5.41, 5.74) is 4.68. The molecule has 0 saturated heterocycles. The molecule has 1 heterocycles. The number of halogens is 2. The number of methoxy groups -OCH3 is 1. The van der Waals surface area contributed by atoms with Gasteiger partial charge in [0.2, 0.25) is 5.95 Å². The fourth-order valence-corrected chi connectivity index (χ4v) is 0.608. The van der Waals surface area contributed by atoms with Crippen molar-refractivity contribution in [2.75, 3.05) is 12.8 Å². The molecule has 0 amide bonds. The highest BCUT2D eigenvalue weighted by Crippen LogP contribution is 2.17. The number of anilines is 1. The highest BCUT2D eigenvalue weighted by atomic mass is 19.1. The fraction of sp³-hybridized carbons (Fsp3) is 0.167. The quantitative estimate of drug-likeness (QED) is 0.622. The number of rotatable bonds is 1. The van der Waals surface area contributed by atoms with Crippen molar-refractivity contribution < 1.29 is 13.5 Å². The Bertz CT molecular complexity index is 278. The molecule has 1 aromatic heterocycles. The topological polar surface area (TPSA) is 48.1 Å². The molecule has 2 N–H and O–H groups in total. The third-order valence-electron chi connectivity index (χ3n) is 1.12. The van der Waals surface area contributed by atoms with Gasteiger partial charge in [0.15, 0.2) is 5.82 Å². The highest BCUT2D eigenvalue weighted by molar-refractivity contribution is 5.38. The number of aromatic nitrogens is 1. The molecule has 5 heteroatoms. The van der Waals surface area contributed by atoms with Crippen LogP contribution >= 0.6 is 0 Å². The molecule has 0 aromatic carbocycles. The number of hydrogen-bond donors (Lipinski definition) is 1. The maximum Gasteiger partial charge on any atom is 0.252 e. The Labute approximate surface area is 61.8 Å². The summed E-state index contributed by atoms with van der Waals surface area (Å²) in [7, 11) is 1.20. The summed E-state index contributed by atoms with van der Waals surface area (Å²) in [6, 6.07) is 0.821. The average Bonchev–Trinajstić information content (AvgIpc) is 1.97. The van der Waals surface area contributed by atoms with E-state index in [4.69, 9.17) is 5.73 Å². The van der Waals surface area contributed by atoms with E-state index < -0.39 is 17.6 Å². The van der Waals surface area contributed by atoms with Gasteiger partial charge in [-0.05, 0) is 0 Å². The van der Waals surface area contributed by atoms with Crippen LogP contribution < -0.4 is 10.5 Å². The van der Waals surface area contributed by atoms with Crippen LogP contribution in [0.5, 0.6) is 5.88 Å². The zero-order chi connectivity index (χ0) is 8.43. The predicted octanol–water partition coefficient (Wildman–Crippen LogP) is 0.951. The van der Waals surface area contributed by atoms with Gasteiger partial charge in [0.25, 0.3) is 5.88 Å². The standard InChI is InChI=1S/C6H6F2N2O/c1-11-6-3(7)2-4(9)5(8)10-6/h2H,9H2,1H3. The summed E-state index contributed by atoms with van der Waals surface area (Å²) in [6.07, 6.45) is 0. The van der Waals surface area contributed by atoms with Crippen molar-refractivity contribution >= 4 is 5.69 Å². The first kappa shape index (κ1) is 7.71. The summed E-state index contributed by atoms with van der Waals surface area (Å²) in [4.78, 5) is 3.10. The molecule has 0 atom stereocenters. The Morgan fingerprint density at radius 1 is 1.55 bits per heavy atom. The molecular formula is C6H6F2N2O. The third-order valence-corrected chi connectivity index (χ3v) is 1.12. The van der Waals surface area contributed by atoms with E-state index in [1.54, 1.807) is 0 Å². The monoisotopic (exact) mass is 160 g/mol. The van der Waals surface area contributed by atoms with Crippen LogP contribution in [0.4, 0.5) is 14.5 Å². The van der Waals surface area contributed by atoms with Gasteiger partial charge in [-0.25, -0.2) is 4.39 Å². The Balaban J connectivity index is 3.21. The van der Waals surface area contributed by atoms with Gasteiger partial charge < -0.3 is 10.5 Å². The smallest absolute Gasteiger partial charge is 0.252 e. The van der Waals surface area contributed by atoms with Gasteiger partial charge in [-0.15, -0.1) is 0 Å². The van der Waals surface area contributed by atoms with Crippen LogP contribution in [0.15, 0.2) is 6.07 Å². The first-order valence-corrected chi connectivity index (χ1v) is 2.80. The van der Waals surface area contributed by atoms with E-state index in [0.29, 0.717) is 0 Å². The number of nitrogens with two attached hydrogens (primary N) is 1. The van der Waals surface area contributed by atoms with Crippen molar-refractivity contribution in [3.8, 4) is 5.88 Å². The first-order valence-electron chi connectivity index (χ1n) is 2.80. The molecule has 60 valence electrons. The van der Waals surface area contributed by atoms with Crippen LogP contribution in [0.3, 0.4) is 0 Å². The summed E-state index contributed by atoms with van der Waals surface area (Å²) in [6.45, 7) is 0. The van der Waals surface area contributed by atoms with E-state index in [-0.39, 0.29) is 5.69 Å². The van der Waals surface area contributed by atoms with Gasteiger partial charge in [0.1, 0.15) is 0 Å². The summed E-state index contributed by atoms with van der Waals surface area (Å²) >= 11 is 0. The highest BCUT2D eigenvalue weighted by Gasteiger charge is 2.08. The average molecular weight is 160 g/mol.